The number of ether oxygens (including phenoxy) is 3. The summed E-state index contributed by atoms with van der Waals surface area (Å²) in [7, 11) is 0. The number of aliphatic hydroxyl groups is 1. The summed E-state index contributed by atoms with van der Waals surface area (Å²) in [4.78, 5) is 34.8. The predicted molar refractivity (Wildman–Crippen MR) is 80.2 cm³/mol. The summed E-state index contributed by atoms with van der Waals surface area (Å²) >= 11 is 0. The van der Waals surface area contributed by atoms with Gasteiger partial charge in [0.1, 0.15) is 24.4 Å². The Morgan fingerprint density at radius 3 is 2.26 bits per heavy atom. The van der Waals surface area contributed by atoms with Crippen LogP contribution in [-0.4, -0.2) is 47.4 Å². The molecule has 1 N–H and O–H groups in total. The van der Waals surface area contributed by atoms with Crippen molar-refractivity contribution in [1.29, 1.82) is 0 Å². The van der Waals surface area contributed by atoms with Crippen LogP contribution in [0.2, 0.25) is 0 Å². The molecule has 1 heterocycles. The van der Waals surface area contributed by atoms with Gasteiger partial charge >= 0.3 is 17.9 Å². The Morgan fingerprint density at radius 2 is 1.57 bits per heavy atom. The third-order valence-electron chi connectivity index (χ3n) is 3.04. The number of esters is 3. The molecular formula is C16H22O7. The molecule has 7 nitrogen and oxygen atoms in total. The maximum Gasteiger partial charge on any atom is 0.330 e. The fourth-order valence-corrected chi connectivity index (χ4v) is 1.81. The molecule has 4 atom stereocenters. The number of hydrogen-bond donors (Lipinski definition) is 1. The van der Waals surface area contributed by atoms with Gasteiger partial charge in [-0.1, -0.05) is 6.08 Å². The normalized spacial score (nSPS) is 34.0. The molecule has 0 saturated carbocycles. The topological polar surface area (TPSA) is 99.1 Å². The van der Waals surface area contributed by atoms with E-state index >= 15 is 0 Å². The first-order valence-electron chi connectivity index (χ1n) is 7.41. The number of carbonyl (C=O) groups excluding carboxylic acids is 3. The van der Waals surface area contributed by atoms with E-state index in [1.165, 1.54) is 25.2 Å². The quantitative estimate of drug-likeness (QED) is 0.524. The molecular weight excluding hydrogens is 304 g/mol. The summed E-state index contributed by atoms with van der Waals surface area (Å²) in [5.41, 5.74) is 0. The van der Waals surface area contributed by atoms with Gasteiger partial charge in [-0.25, -0.2) is 9.59 Å². The minimum absolute atomic E-state index is 0.126. The number of cyclic esters (lactones) is 3. The summed E-state index contributed by atoms with van der Waals surface area (Å²) in [5.74, 6) is -1.84. The lowest BCUT2D eigenvalue weighted by atomic mass is 10.2. The highest BCUT2D eigenvalue weighted by molar-refractivity contribution is 5.83. The van der Waals surface area contributed by atoms with Crippen molar-refractivity contribution in [2.45, 2.75) is 58.0 Å². The third-order valence-corrected chi connectivity index (χ3v) is 3.04. The number of rotatable bonds is 0. The molecule has 0 bridgehead atoms. The van der Waals surface area contributed by atoms with E-state index in [-0.39, 0.29) is 6.42 Å². The molecule has 0 radical (unpaired) electrons. The SMILES string of the molecule is C[C@@H]1CC(=O)O[C@@H](C)[C@H](O)/C=C\C(=O)O[C@@H](C)C/C=C\C(=O)O1. The fourth-order valence-electron chi connectivity index (χ4n) is 1.81. The van der Waals surface area contributed by atoms with Crippen molar-refractivity contribution in [2.24, 2.45) is 0 Å². The minimum atomic E-state index is -1.15. The molecule has 1 rings (SSSR count). The summed E-state index contributed by atoms with van der Waals surface area (Å²) in [6.45, 7) is 4.74. The lowest BCUT2D eigenvalue weighted by molar-refractivity contribution is -0.157. The second-order valence-corrected chi connectivity index (χ2v) is 5.38. The molecule has 0 aromatic rings. The van der Waals surface area contributed by atoms with E-state index in [0.29, 0.717) is 6.42 Å². The second-order valence-electron chi connectivity index (χ2n) is 5.38. The smallest absolute Gasteiger partial charge is 0.330 e. The first-order chi connectivity index (χ1) is 10.8. The van der Waals surface area contributed by atoms with E-state index in [1.54, 1.807) is 13.8 Å². The summed E-state index contributed by atoms with van der Waals surface area (Å²) in [5, 5.41) is 9.83. The zero-order valence-corrected chi connectivity index (χ0v) is 13.4. The summed E-state index contributed by atoms with van der Waals surface area (Å²) < 4.78 is 15.1. The van der Waals surface area contributed by atoms with Crippen LogP contribution in [0.25, 0.3) is 0 Å². The van der Waals surface area contributed by atoms with Crippen molar-refractivity contribution in [3.05, 3.63) is 24.3 Å². The molecule has 1 aliphatic rings. The molecule has 0 aliphatic carbocycles. The van der Waals surface area contributed by atoms with Gasteiger partial charge in [0.05, 0.1) is 6.42 Å². The highest BCUT2D eigenvalue weighted by Crippen LogP contribution is 2.08. The number of hydrogen-bond acceptors (Lipinski definition) is 7. The molecule has 0 aromatic heterocycles. The first kappa shape index (κ1) is 18.9. The monoisotopic (exact) mass is 326 g/mol. The van der Waals surface area contributed by atoms with Crippen LogP contribution in [0, 0.1) is 0 Å². The van der Waals surface area contributed by atoms with Gasteiger partial charge in [0, 0.05) is 18.6 Å². The molecule has 7 heteroatoms. The largest absolute Gasteiger partial charge is 0.459 e. The van der Waals surface area contributed by atoms with Crippen LogP contribution < -0.4 is 0 Å². The van der Waals surface area contributed by atoms with E-state index in [9.17, 15) is 19.5 Å². The number of carbonyl (C=O) groups is 3. The van der Waals surface area contributed by atoms with E-state index < -0.39 is 42.3 Å². The van der Waals surface area contributed by atoms with Crippen LogP contribution in [0.4, 0.5) is 0 Å². The minimum Gasteiger partial charge on any atom is -0.459 e. The highest BCUT2D eigenvalue weighted by atomic mass is 16.6. The zero-order chi connectivity index (χ0) is 17.4. The van der Waals surface area contributed by atoms with Crippen molar-refractivity contribution in [1.82, 2.24) is 0 Å². The molecule has 0 unspecified atom stereocenters. The van der Waals surface area contributed by atoms with Crippen molar-refractivity contribution in [3.63, 3.8) is 0 Å². The average Bonchev–Trinajstić information content (AvgIpc) is 2.43. The molecule has 0 amide bonds. The van der Waals surface area contributed by atoms with E-state index in [4.69, 9.17) is 14.2 Å². The Bertz CT molecular complexity index is 495. The fraction of sp³-hybridized carbons (Fsp3) is 0.562. The lowest BCUT2D eigenvalue weighted by Gasteiger charge is -2.18. The van der Waals surface area contributed by atoms with Crippen LogP contribution in [0.5, 0.6) is 0 Å². The van der Waals surface area contributed by atoms with Gasteiger partial charge in [0.2, 0.25) is 0 Å². The molecule has 23 heavy (non-hydrogen) atoms. The van der Waals surface area contributed by atoms with E-state index in [0.717, 1.165) is 6.08 Å². The lowest BCUT2D eigenvalue weighted by Crippen LogP contribution is -2.29. The molecule has 0 saturated heterocycles. The van der Waals surface area contributed by atoms with Crippen LogP contribution in [0.1, 0.15) is 33.6 Å². The van der Waals surface area contributed by atoms with Crippen molar-refractivity contribution >= 4 is 17.9 Å². The maximum atomic E-state index is 11.7. The van der Waals surface area contributed by atoms with Gasteiger partial charge < -0.3 is 19.3 Å². The van der Waals surface area contributed by atoms with Gasteiger partial charge in [0.15, 0.2) is 0 Å². The van der Waals surface area contributed by atoms with Crippen LogP contribution in [-0.2, 0) is 28.6 Å². The van der Waals surface area contributed by atoms with Crippen molar-refractivity contribution in [3.8, 4) is 0 Å². The Kier molecular flexibility index (Phi) is 7.47. The highest BCUT2D eigenvalue weighted by Gasteiger charge is 2.20. The third kappa shape index (κ3) is 7.60. The molecule has 1 aliphatic heterocycles. The Labute approximate surface area is 134 Å². The van der Waals surface area contributed by atoms with Gasteiger partial charge in [-0.2, -0.15) is 0 Å². The first-order valence-corrected chi connectivity index (χ1v) is 7.41. The zero-order valence-electron chi connectivity index (χ0n) is 13.4. The number of aliphatic hydroxyl groups excluding tert-OH is 1. The van der Waals surface area contributed by atoms with Crippen LogP contribution in [0.15, 0.2) is 24.3 Å². The predicted octanol–water partition coefficient (Wildman–Crippen LogP) is 1.05. The molecule has 0 aromatic carbocycles. The van der Waals surface area contributed by atoms with Crippen molar-refractivity contribution in [2.75, 3.05) is 0 Å². The molecule has 0 spiro atoms. The van der Waals surface area contributed by atoms with E-state index in [2.05, 4.69) is 0 Å². The Morgan fingerprint density at radius 1 is 0.957 bits per heavy atom. The maximum absolute atomic E-state index is 11.7. The van der Waals surface area contributed by atoms with Crippen LogP contribution >= 0.6 is 0 Å². The average molecular weight is 326 g/mol. The standard InChI is InChI=1S/C16H22O7/c1-10-5-4-6-14(18)22-11(2)9-16(20)23-12(3)13(17)7-8-15(19)21-10/h4,6-8,10-13,17H,5,9H2,1-3H3/b6-4-,8-7-/t10-,11+,12-,13+/m0/s1. The van der Waals surface area contributed by atoms with Gasteiger partial charge in [-0.05, 0) is 26.8 Å². The van der Waals surface area contributed by atoms with Gasteiger partial charge in [-0.15, -0.1) is 0 Å². The Hall–Kier alpha value is -2.15. The summed E-state index contributed by atoms with van der Waals surface area (Å²) in [6, 6.07) is 0. The van der Waals surface area contributed by atoms with Gasteiger partial charge in [0.25, 0.3) is 0 Å². The van der Waals surface area contributed by atoms with E-state index in [1.807, 2.05) is 0 Å². The second kappa shape index (κ2) is 9.09. The van der Waals surface area contributed by atoms with Crippen LogP contribution in [0.3, 0.4) is 0 Å². The van der Waals surface area contributed by atoms with Gasteiger partial charge in [-0.3, -0.25) is 4.79 Å². The molecule has 0 fully saturated rings. The Balaban J connectivity index is 2.82. The summed E-state index contributed by atoms with van der Waals surface area (Å²) in [6.07, 6.45) is 2.17. The van der Waals surface area contributed by atoms with Crippen molar-refractivity contribution < 1.29 is 33.7 Å². The molecule has 128 valence electrons.